The van der Waals surface area contributed by atoms with Crippen molar-refractivity contribution in [2.45, 2.75) is 12.5 Å². The lowest BCUT2D eigenvalue weighted by atomic mass is 10.1. The highest BCUT2D eigenvalue weighted by molar-refractivity contribution is 5.11. The zero-order chi connectivity index (χ0) is 8.10. The van der Waals surface area contributed by atoms with E-state index in [1.54, 1.807) is 24.5 Å². The number of rotatable bonds is 3. The molecule has 0 aliphatic heterocycles. The summed E-state index contributed by atoms with van der Waals surface area (Å²) in [6.07, 6.45) is 3.02. The monoisotopic (exact) mass is 153 g/mol. The van der Waals surface area contributed by atoms with Crippen LogP contribution in [0.4, 0.5) is 0 Å². The normalized spacial score (nSPS) is 12.9. The third kappa shape index (κ3) is 2.29. The Balaban J connectivity index is 2.61. The highest BCUT2D eigenvalue weighted by Crippen LogP contribution is 2.13. The van der Waals surface area contributed by atoms with Gasteiger partial charge in [0.15, 0.2) is 0 Å². The minimum absolute atomic E-state index is 0.00391. The van der Waals surface area contributed by atoms with E-state index >= 15 is 0 Å². The van der Waals surface area contributed by atoms with Crippen molar-refractivity contribution in [3.05, 3.63) is 30.1 Å². The summed E-state index contributed by atoms with van der Waals surface area (Å²) in [6.45, 7) is -0.00391. The second-order valence-electron chi connectivity index (χ2n) is 2.31. The van der Waals surface area contributed by atoms with Crippen LogP contribution in [0.3, 0.4) is 0 Å². The van der Waals surface area contributed by atoms with E-state index in [0.29, 0.717) is 6.42 Å². The number of aromatic nitrogens is 1. The van der Waals surface area contributed by atoms with Crippen LogP contribution in [0.15, 0.2) is 24.5 Å². The van der Waals surface area contributed by atoms with Gasteiger partial charge in [0.05, 0.1) is 6.10 Å². The molecular weight excluding hydrogens is 142 g/mol. The molecule has 0 saturated heterocycles. The number of pyridine rings is 1. The van der Waals surface area contributed by atoms with Crippen molar-refractivity contribution in [1.29, 1.82) is 0 Å². The summed E-state index contributed by atoms with van der Waals surface area (Å²) in [5.74, 6) is 0. The molecule has 0 unspecified atom stereocenters. The smallest absolute Gasteiger partial charge is 0.0826 e. The predicted octanol–water partition coefficient (Wildman–Crippen LogP) is 0.497. The Hall–Kier alpha value is -0.930. The molecule has 0 aromatic carbocycles. The molecule has 1 heterocycles. The second kappa shape index (κ2) is 4.05. The maximum absolute atomic E-state index is 9.32. The van der Waals surface area contributed by atoms with Crippen LogP contribution >= 0.6 is 0 Å². The van der Waals surface area contributed by atoms with E-state index < -0.39 is 6.10 Å². The quantitative estimate of drug-likeness (QED) is 0.664. The SMILES string of the molecule is OCC[C@H](O)c1cccnc1. The van der Waals surface area contributed by atoms with E-state index in [-0.39, 0.29) is 6.61 Å². The molecule has 1 aromatic rings. The van der Waals surface area contributed by atoms with Crippen LogP contribution in [-0.4, -0.2) is 21.8 Å². The first-order valence-electron chi connectivity index (χ1n) is 3.53. The molecule has 0 saturated carbocycles. The predicted molar refractivity (Wildman–Crippen MR) is 40.9 cm³/mol. The minimum atomic E-state index is -0.589. The standard InChI is InChI=1S/C8H11NO2/c10-5-3-8(11)7-2-1-4-9-6-7/h1-2,4,6,8,10-11H,3,5H2/t8-/m0/s1. The van der Waals surface area contributed by atoms with Crippen LogP contribution in [0.1, 0.15) is 18.1 Å². The van der Waals surface area contributed by atoms with Crippen molar-refractivity contribution in [3.8, 4) is 0 Å². The van der Waals surface area contributed by atoms with Crippen molar-refractivity contribution in [2.75, 3.05) is 6.61 Å². The maximum Gasteiger partial charge on any atom is 0.0826 e. The van der Waals surface area contributed by atoms with E-state index in [4.69, 9.17) is 5.11 Å². The highest BCUT2D eigenvalue weighted by atomic mass is 16.3. The molecule has 3 heteroatoms. The van der Waals surface area contributed by atoms with Crippen LogP contribution in [0, 0.1) is 0 Å². The van der Waals surface area contributed by atoms with Gasteiger partial charge in [0.2, 0.25) is 0 Å². The Labute approximate surface area is 65.3 Å². The lowest BCUT2D eigenvalue weighted by molar-refractivity contribution is 0.134. The van der Waals surface area contributed by atoms with E-state index in [2.05, 4.69) is 4.98 Å². The third-order valence-corrected chi connectivity index (χ3v) is 1.47. The van der Waals surface area contributed by atoms with Crippen LogP contribution in [0.5, 0.6) is 0 Å². The fourth-order valence-electron chi connectivity index (χ4n) is 0.862. The van der Waals surface area contributed by atoms with Gasteiger partial charge >= 0.3 is 0 Å². The van der Waals surface area contributed by atoms with Gasteiger partial charge in [0, 0.05) is 25.4 Å². The molecule has 0 radical (unpaired) electrons. The Morgan fingerprint density at radius 1 is 1.55 bits per heavy atom. The maximum atomic E-state index is 9.32. The lowest BCUT2D eigenvalue weighted by Gasteiger charge is -2.06. The van der Waals surface area contributed by atoms with Crippen molar-refractivity contribution < 1.29 is 10.2 Å². The average Bonchev–Trinajstić information content (AvgIpc) is 2.07. The molecule has 11 heavy (non-hydrogen) atoms. The van der Waals surface area contributed by atoms with Crippen LogP contribution in [-0.2, 0) is 0 Å². The topological polar surface area (TPSA) is 53.4 Å². The number of nitrogens with zero attached hydrogens (tertiary/aromatic N) is 1. The second-order valence-corrected chi connectivity index (χ2v) is 2.31. The first-order chi connectivity index (χ1) is 5.34. The molecule has 0 aliphatic rings. The average molecular weight is 153 g/mol. The molecule has 0 aliphatic carbocycles. The van der Waals surface area contributed by atoms with E-state index in [1.165, 1.54) is 0 Å². The fourth-order valence-corrected chi connectivity index (χ4v) is 0.862. The van der Waals surface area contributed by atoms with Gasteiger partial charge in [-0.2, -0.15) is 0 Å². The van der Waals surface area contributed by atoms with Crippen molar-refractivity contribution in [2.24, 2.45) is 0 Å². The summed E-state index contributed by atoms with van der Waals surface area (Å²) in [7, 11) is 0. The molecular formula is C8H11NO2. The first kappa shape index (κ1) is 8.17. The summed E-state index contributed by atoms with van der Waals surface area (Å²) in [4.78, 5) is 3.85. The van der Waals surface area contributed by atoms with Gasteiger partial charge in [-0.05, 0) is 11.6 Å². The minimum Gasteiger partial charge on any atom is -0.396 e. The van der Waals surface area contributed by atoms with Crippen molar-refractivity contribution >= 4 is 0 Å². The molecule has 60 valence electrons. The number of hydrogen-bond donors (Lipinski definition) is 2. The van der Waals surface area contributed by atoms with E-state index in [1.807, 2.05) is 0 Å². The lowest BCUT2D eigenvalue weighted by Crippen LogP contribution is -1.99. The van der Waals surface area contributed by atoms with E-state index in [0.717, 1.165) is 5.56 Å². The Morgan fingerprint density at radius 3 is 2.91 bits per heavy atom. The number of aliphatic hydroxyl groups is 2. The summed E-state index contributed by atoms with van der Waals surface area (Å²) in [5, 5.41) is 17.8. The molecule has 0 bridgehead atoms. The van der Waals surface area contributed by atoms with Crippen molar-refractivity contribution in [1.82, 2.24) is 4.98 Å². The van der Waals surface area contributed by atoms with Gasteiger partial charge in [-0.1, -0.05) is 6.07 Å². The number of hydrogen-bond acceptors (Lipinski definition) is 3. The van der Waals surface area contributed by atoms with Gasteiger partial charge < -0.3 is 10.2 Å². The van der Waals surface area contributed by atoms with Gasteiger partial charge in [0.25, 0.3) is 0 Å². The van der Waals surface area contributed by atoms with Crippen LogP contribution < -0.4 is 0 Å². The first-order valence-corrected chi connectivity index (χ1v) is 3.53. The largest absolute Gasteiger partial charge is 0.396 e. The van der Waals surface area contributed by atoms with Gasteiger partial charge in [-0.15, -0.1) is 0 Å². The Morgan fingerprint density at radius 2 is 2.36 bits per heavy atom. The van der Waals surface area contributed by atoms with Gasteiger partial charge in [-0.25, -0.2) is 0 Å². The summed E-state index contributed by atoms with van der Waals surface area (Å²) in [5.41, 5.74) is 0.751. The zero-order valence-corrected chi connectivity index (χ0v) is 6.14. The van der Waals surface area contributed by atoms with Crippen molar-refractivity contribution in [3.63, 3.8) is 0 Å². The molecule has 1 atom stereocenters. The summed E-state index contributed by atoms with van der Waals surface area (Å²) < 4.78 is 0. The van der Waals surface area contributed by atoms with Crippen LogP contribution in [0.2, 0.25) is 0 Å². The molecule has 0 spiro atoms. The third-order valence-electron chi connectivity index (χ3n) is 1.47. The van der Waals surface area contributed by atoms with Gasteiger partial charge in [0.1, 0.15) is 0 Å². The Bertz CT molecular complexity index is 201. The highest BCUT2D eigenvalue weighted by Gasteiger charge is 2.04. The van der Waals surface area contributed by atoms with Crippen LogP contribution in [0.25, 0.3) is 0 Å². The fraction of sp³-hybridized carbons (Fsp3) is 0.375. The molecule has 3 nitrogen and oxygen atoms in total. The number of aliphatic hydroxyl groups excluding tert-OH is 2. The summed E-state index contributed by atoms with van der Waals surface area (Å²) in [6, 6.07) is 3.54. The molecule has 0 fully saturated rings. The van der Waals surface area contributed by atoms with E-state index in [9.17, 15) is 5.11 Å². The zero-order valence-electron chi connectivity index (χ0n) is 6.14. The molecule has 2 N–H and O–H groups in total. The molecule has 1 rings (SSSR count). The van der Waals surface area contributed by atoms with Gasteiger partial charge in [-0.3, -0.25) is 4.98 Å². The summed E-state index contributed by atoms with van der Waals surface area (Å²) >= 11 is 0. The molecule has 1 aromatic heterocycles. The Kier molecular flexibility index (Phi) is 3.01. The molecule has 0 amide bonds.